The van der Waals surface area contributed by atoms with Gasteiger partial charge >= 0.3 is 0 Å². The molecule has 2 amide bonds. The van der Waals surface area contributed by atoms with Gasteiger partial charge in [0.25, 0.3) is 0 Å². The van der Waals surface area contributed by atoms with Crippen molar-refractivity contribution in [3.05, 3.63) is 34.9 Å². The Morgan fingerprint density at radius 2 is 1.76 bits per heavy atom. The SMILES string of the molecule is NC(=O)C[C@@H](NC(=O)C12CC3CC(CC(C3)C1)C2)c1cccc(Cl)c1. The zero-order chi connectivity index (χ0) is 17.6. The van der Waals surface area contributed by atoms with Gasteiger partial charge in [0, 0.05) is 10.4 Å². The molecule has 0 radical (unpaired) electrons. The third kappa shape index (κ3) is 3.29. The Morgan fingerprint density at radius 3 is 2.28 bits per heavy atom. The minimum Gasteiger partial charge on any atom is -0.370 e. The van der Waals surface area contributed by atoms with E-state index in [0.717, 1.165) is 24.8 Å². The Labute approximate surface area is 153 Å². The van der Waals surface area contributed by atoms with Crippen molar-refractivity contribution in [1.29, 1.82) is 0 Å². The number of rotatable bonds is 5. The number of carbonyl (C=O) groups is 2. The molecule has 4 fully saturated rings. The average Bonchev–Trinajstić information content (AvgIpc) is 2.52. The first kappa shape index (κ1) is 16.9. The highest BCUT2D eigenvalue weighted by Gasteiger charge is 2.54. The molecule has 1 aromatic carbocycles. The van der Waals surface area contributed by atoms with E-state index in [2.05, 4.69) is 5.32 Å². The average molecular weight is 361 g/mol. The molecule has 3 N–H and O–H groups in total. The zero-order valence-corrected chi connectivity index (χ0v) is 15.1. The highest BCUT2D eigenvalue weighted by Crippen LogP contribution is 2.60. The van der Waals surface area contributed by atoms with Gasteiger partial charge < -0.3 is 11.1 Å². The van der Waals surface area contributed by atoms with Crippen LogP contribution < -0.4 is 11.1 Å². The first-order chi connectivity index (χ1) is 11.9. The normalized spacial score (nSPS) is 33.9. The summed E-state index contributed by atoms with van der Waals surface area (Å²) in [6.07, 6.45) is 7.00. The van der Waals surface area contributed by atoms with Crippen LogP contribution in [-0.4, -0.2) is 11.8 Å². The maximum absolute atomic E-state index is 13.3. The molecule has 0 aromatic heterocycles. The van der Waals surface area contributed by atoms with E-state index < -0.39 is 11.9 Å². The summed E-state index contributed by atoms with van der Waals surface area (Å²) in [7, 11) is 0. The molecule has 5 heteroatoms. The lowest BCUT2D eigenvalue weighted by molar-refractivity contribution is -0.147. The fourth-order valence-electron chi connectivity index (χ4n) is 5.88. The van der Waals surface area contributed by atoms with Crippen LogP contribution in [0.2, 0.25) is 5.02 Å². The van der Waals surface area contributed by atoms with E-state index in [1.165, 1.54) is 19.3 Å². The third-order valence-electron chi connectivity index (χ3n) is 6.48. The summed E-state index contributed by atoms with van der Waals surface area (Å²) in [5.74, 6) is 1.81. The van der Waals surface area contributed by atoms with Crippen LogP contribution in [0.25, 0.3) is 0 Å². The quantitative estimate of drug-likeness (QED) is 0.842. The smallest absolute Gasteiger partial charge is 0.226 e. The Kier molecular flexibility index (Phi) is 4.27. The molecule has 4 aliphatic rings. The molecule has 134 valence electrons. The molecule has 0 spiro atoms. The molecular formula is C20H25ClN2O2. The molecule has 4 aliphatic carbocycles. The predicted molar refractivity (Wildman–Crippen MR) is 96.8 cm³/mol. The number of amides is 2. The summed E-state index contributed by atoms with van der Waals surface area (Å²) >= 11 is 6.09. The largest absolute Gasteiger partial charge is 0.370 e. The van der Waals surface area contributed by atoms with E-state index in [1.807, 2.05) is 12.1 Å². The molecule has 25 heavy (non-hydrogen) atoms. The van der Waals surface area contributed by atoms with E-state index in [-0.39, 0.29) is 17.7 Å². The van der Waals surface area contributed by atoms with Crippen molar-refractivity contribution < 1.29 is 9.59 Å². The van der Waals surface area contributed by atoms with Crippen molar-refractivity contribution in [3.8, 4) is 0 Å². The van der Waals surface area contributed by atoms with E-state index in [0.29, 0.717) is 22.8 Å². The number of primary amides is 1. The van der Waals surface area contributed by atoms with Crippen LogP contribution in [0.15, 0.2) is 24.3 Å². The summed E-state index contributed by atoms with van der Waals surface area (Å²) in [5.41, 5.74) is 6.03. The van der Waals surface area contributed by atoms with Gasteiger partial charge in [-0.05, 0) is 74.0 Å². The van der Waals surface area contributed by atoms with Crippen molar-refractivity contribution in [2.45, 2.75) is 51.0 Å². The van der Waals surface area contributed by atoms with Crippen LogP contribution in [-0.2, 0) is 9.59 Å². The lowest BCUT2D eigenvalue weighted by atomic mass is 9.49. The fourth-order valence-corrected chi connectivity index (χ4v) is 6.08. The third-order valence-corrected chi connectivity index (χ3v) is 6.72. The summed E-state index contributed by atoms with van der Waals surface area (Å²) in [6.45, 7) is 0. The Balaban J connectivity index is 1.55. The van der Waals surface area contributed by atoms with Gasteiger partial charge in [-0.15, -0.1) is 0 Å². The number of nitrogens with two attached hydrogens (primary N) is 1. The standard InChI is InChI=1S/C20H25ClN2O2/c21-16-3-1-2-15(7-16)17(8-18(22)24)23-19(25)20-9-12-4-13(10-20)6-14(5-12)11-20/h1-3,7,12-14,17H,4-6,8-11H2,(H2,22,24)(H,23,25)/t12?,13?,14?,17-,20?/m1/s1. The number of benzene rings is 1. The summed E-state index contributed by atoms with van der Waals surface area (Å²) in [5, 5.41) is 3.74. The Morgan fingerprint density at radius 1 is 1.16 bits per heavy atom. The number of hydrogen-bond donors (Lipinski definition) is 2. The maximum Gasteiger partial charge on any atom is 0.226 e. The van der Waals surface area contributed by atoms with Gasteiger partial charge in [0.05, 0.1) is 12.5 Å². The molecule has 4 nitrogen and oxygen atoms in total. The lowest BCUT2D eigenvalue weighted by Crippen LogP contribution is -2.54. The topological polar surface area (TPSA) is 72.2 Å². The van der Waals surface area contributed by atoms with E-state index in [4.69, 9.17) is 17.3 Å². The Bertz CT molecular complexity index is 667. The minimum absolute atomic E-state index is 0.0957. The summed E-state index contributed by atoms with van der Waals surface area (Å²) < 4.78 is 0. The van der Waals surface area contributed by atoms with Crippen molar-refractivity contribution in [3.63, 3.8) is 0 Å². The molecule has 5 rings (SSSR count). The first-order valence-electron chi connectivity index (χ1n) is 9.28. The zero-order valence-electron chi connectivity index (χ0n) is 14.3. The van der Waals surface area contributed by atoms with Crippen molar-refractivity contribution in [1.82, 2.24) is 5.32 Å². The molecule has 1 atom stereocenters. The summed E-state index contributed by atoms with van der Waals surface area (Å²) in [4.78, 5) is 24.8. The van der Waals surface area contributed by atoms with Crippen LogP contribution in [0.4, 0.5) is 0 Å². The van der Waals surface area contributed by atoms with Gasteiger partial charge in [0.15, 0.2) is 0 Å². The van der Waals surface area contributed by atoms with Crippen LogP contribution in [0, 0.1) is 23.2 Å². The van der Waals surface area contributed by atoms with Gasteiger partial charge in [0.2, 0.25) is 11.8 Å². The first-order valence-corrected chi connectivity index (χ1v) is 9.66. The van der Waals surface area contributed by atoms with Gasteiger partial charge in [0.1, 0.15) is 0 Å². The molecule has 1 aromatic rings. The molecule has 4 saturated carbocycles. The van der Waals surface area contributed by atoms with Crippen molar-refractivity contribution in [2.24, 2.45) is 28.9 Å². The van der Waals surface area contributed by atoms with E-state index >= 15 is 0 Å². The van der Waals surface area contributed by atoms with Crippen molar-refractivity contribution >= 4 is 23.4 Å². The molecule has 4 bridgehead atoms. The molecule has 0 aliphatic heterocycles. The van der Waals surface area contributed by atoms with Gasteiger partial charge in [-0.3, -0.25) is 9.59 Å². The van der Waals surface area contributed by atoms with Crippen LogP contribution in [0.3, 0.4) is 0 Å². The van der Waals surface area contributed by atoms with Crippen LogP contribution in [0.5, 0.6) is 0 Å². The molecule has 0 heterocycles. The van der Waals surface area contributed by atoms with Crippen LogP contribution >= 0.6 is 11.6 Å². The second-order valence-corrected chi connectivity index (χ2v) is 8.89. The predicted octanol–water partition coefficient (Wildman–Crippen LogP) is 3.59. The van der Waals surface area contributed by atoms with Gasteiger partial charge in [-0.25, -0.2) is 0 Å². The molecular weight excluding hydrogens is 336 g/mol. The Hall–Kier alpha value is -1.55. The second-order valence-electron chi connectivity index (χ2n) is 8.45. The number of carbonyl (C=O) groups excluding carboxylic acids is 2. The highest BCUT2D eigenvalue weighted by atomic mass is 35.5. The molecule has 0 unspecified atom stereocenters. The number of nitrogens with one attached hydrogen (secondary N) is 1. The maximum atomic E-state index is 13.3. The van der Waals surface area contributed by atoms with E-state index in [1.54, 1.807) is 12.1 Å². The second kappa shape index (κ2) is 6.31. The lowest BCUT2D eigenvalue weighted by Gasteiger charge is -2.55. The fraction of sp³-hybridized carbons (Fsp3) is 0.600. The minimum atomic E-state index is -0.421. The number of hydrogen-bond acceptors (Lipinski definition) is 2. The monoisotopic (exact) mass is 360 g/mol. The van der Waals surface area contributed by atoms with Gasteiger partial charge in [-0.1, -0.05) is 23.7 Å². The van der Waals surface area contributed by atoms with Crippen molar-refractivity contribution in [2.75, 3.05) is 0 Å². The summed E-state index contributed by atoms with van der Waals surface area (Å²) in [6, 6.07) is 6.90. The highest BCUT2D eigenvalue weighted by molar-refractivity contribution is 6.30. The van der Waals surface area contributed by atoms with Gasteiger partial charge in [-0.2, -0.15) is 0 Å². The number of halogens is 1. The van der Waals surface area contributed by atoms with Crippen LogP contribution in [0.1, 0.15) is 56.6 Å². The molecule has 0 saturated heterocycles. The van der Waals surface area contributed by atoms with E-state index in [9.17, 15) is 9.59 Å².